The van der Waals surface area contributed by atoms with Gasteiger partial charge in [-0.2, -0.15) is 10.2 Å². The Kier molecular flexibility index (Phi) is 5.00. The number of nitrogens with zero attached hydrogens (tertiary/aromatic N) is 2. The predicted molar refractivity (Wildman–Crippen MR) is 64.9 cm³/mol. The van der Waals surface area contributed by atoms with Crippen molar-refractivity contribution in [3.63, 3.8) is 0 Å². The first-order chi connectivity index (χ1) is 7.08. The summed E-state index contributed by atoms with van der Waals surface area (Å²) in [4.78, 5) is 0. The fraction of sp³-hybridized carbons (Fsp3) is 0.846. The van der Waals surface area contributed by atoms with Crippen molar-refractivity contribution in [2.24, 2.45) is 22.1 Å². The molecular weight excluding hydrogens is 184 g/mol. The Morgan fingerprint density at radius 3 is 2.53 bits per heavy atom. The molecule has 0 saturated heterocycles. The van der Waals surface area contributed by atoms with Gasteiger partial charge < -0.3 is 0 Å². The van der Waals surface area contributed by atoms with Crippen molar-refractivity contribution in [1.29, 1.82) is 0 Å². The Morgan fingerprint density at radius 1 is 1.20 bits per heavy atom. The molecule has 1 aliphatic heterocycles. The minimum absolute atomic E-state index is 0.360. The molecule has 1 rings (SSSR count). The van der Waals surface area contributed by atoms with Crippen LogP contribution in [0.5, 0.6) is 0 Å². The Bertz CT molecular complexity index is 239. The maximum Gasteiger partial charge on any atom is 0.0916 e. The third-order valence-corrected chi connectivity index (χ3v) is 2.65. The van der Waals surface area contributed by atoms with Gasteiger partial charge >= 0.3 is 0 Å². The van der Waals surface area contributed by atoms with E-state index in [0.717, 1.165) is 18.8 Å². The maximum atomic E-state index is 4.29. The largest absolute Gasteiger partial charge is 0.181 e. The summed E-state index contributed by atoms with van der Waals surface area (Å²) in [6.07, 6.45) is 7.03. The fourth-order valence-electron chi connectivity index (χ4n) is 1.86. The predicted octanol–water partition coefficient (Wildman–Crippen LogP) is 4.58. The van der Waals surface area contributed by atoms with Crippen molar-refractivity contribution in [1.82, 2.24) is 0 Å². The highest BCUT2D eigenvalue weighted by atomic mass is 15.2. The van der Waals surface area contributed by atoms with E-state index < -0.39 is 0 Å². The van der Waals surface area contributed by atoms with Crippen molar-refractivity contribution in [2.75, 3.05) is 0 Å². The van der Waals surface area contributed by atoms with Crippen LogP contribution in [0.1, 0.15) is 53.4 Å². The molecule has 15 heavy (non-hydrogen) atoms. The van der Waals surface area contributed by atoms with Gasteiger partial charge in [-0.1, -0.05) is 34.1 Å². The first-order valence-electron chi connectivity index (χ1n) is 6.19. The van der Waals surface area contributed by atoms with E-state index >= 15 is 0 Å². The number of azo groups is 1. The number of hydrogen-bond acceptors (Lipinski definition) is 2. The molecule has 2 nitrogen and oxygen atoms in total. The normalized spacial score (nSPS) is 20.4. The quantitative estimate of drug-likeness (QED) is 0.610. The van der Waals surface area contributed by atoms with Gasteiger partial charge in [0.25, 0.3) is 0 Å². The van der Waals surface area contributed by atoms with Gasteiger partial charge in [0.05, 0.1) is 11.7 Å². The van der Waals surface area contributed by atoms with E-state index in [2.05, 4.69) is 44.0 Å². The average molecular weight is 208 g/mol. The lowest BCUT2D eigenvalue weighted by Gasteiger charge is -2.05. The summed E-state index contributed by atoms with van der Waals surface area (Å²) in [7, 11) is 0. The minimum atomic E-state index is 0.360. The third-order valence-electron chi connectivity index (χ3n) is 2.65. The molecule has 2 heteroatoms. The van der Waals surface area contributed by atoms with Crippen LogP contribution in [0.15, 0.2) is 22.0 Å². The van der Waals surface area contributed by atoms with Crippen molar-refractivity contribution in [3.8, 4) is 0 Å². The average Bonchev–Trinajstić information content (AvgIpc) is 2.50. The van der Waals surface area contributed by atoms with E-state index in [4.69, 9.17) is 0 Å². The Balaban J connectivity index is 2.24. The van der Waals surface area contributed by atoms with E-state index in [1.165, 1.54) is 18.5 Å². The zero-order valence-electron chi connectivity index (χ0n) is 10.5. The van der Waals surface area contributed by atoms with Gasteiger partial charge in [0.15, 0.2) is 0 Å². The fourth-order valence-corrected chi connectivity index (χ4v) is 1.86. The molecule has 0 aromatic heterocycles. The molecule has 0 aromatic rings. The van der Waals surface area contributed by atoms with Crippen molar-refractivity contribution < 1.29 is 0 Å². The van der Waals surface area contributed by atoms with Gasteiger partial charge in [-0.05, 0) is 37.2 Å². The second kappa shape index (κ2) is 6.04. The summed E-state index contributed by atoms with van der Waals surface area (Å²) in [6, 6.07) is 0.360. The third kappa shape index (κ3) is 5.10. The molecule has 0 amide bonds. The molecular formula is C13H24N2. The number of hydrogen-bond donors (Lipinski definition) is 0. The second-order valence-corrected chi connectivity index (χ2v) is 5.36. The molecule has 0 fully saturated rings. The molecule has 0 aliphatic carbocycles. The Labute approximate surface area is 93.9 Å². The van der Waals surface area contributed by atoms with Crippen LogP contribution in [0, 0.1) is 11.8 Å². The highest BCUT2D eigenvalue weighted by Gasteiger charge is 2.13. The van der Waals surface area contributed by atoms with Crippen LogP contribution in [0.3, 0.4) is 0 Å². The van der Waals surface area contributed by atoms with Crippen LogP contribution >= 0.6 is 0 Å². The first kappa shape index (κ1) is 12.4. The molecule has 1 heterocycles. The zero-order chi connectivity index (χ0) is 11.3. The molecule has 1 aliphatic rings. The van der Waals surface area contributed by atoms with Crippen molar-refractivity contribution >= 4 is 0 Å². The number of rotatable bonds is 6. The summed E-state index contributed by atoms with van der Waals surface area (Å²) in [5.41, 5.74) is 1.21. The van der Waals surface area contributed by atoms with Crippen LogP contribution < -0.4 is 0 Å². The molecule has 0 N–H and O–H groups in total. The summed E-state index contributed by atoms with van der Waals surface area (Å²) in [6.45, 7) is 9.01. The minimum Gasteiger partial charge on any atom is -0.181 e. The van der Waals surface area contributed by atoms with Crippen molar-refractivity contribution in [2.45, 2.75) is 59.4 Å². The molecule has 0 radical (unpaired) electrons. The van der Waals surface area contributed by atoms with Gasteiger partial charge in [-0.15, -0.1) is 0 Å². The first-order valence-corrected chi connectivity index (χ1v) is 6.19. The summed E-state index contributed by atoms with van der Waals surface area (Å²) >= 11 is 0. The smallest absolute Gasteiger partial charge is 0.0916 e. The van der Waals surface area contributed by atoms with Crippen LogP contribution in [-0.4, -0.2) is 6.04 Å². The Hall–Kier alpha value is -0.660. The Morgan fingerprint density at radius 2 is 1.93 bits per heavy atom. The van der Waals surface area contributed by atoms with E-state index in [-0.39, 0.29) is 0 Å². The molecule has 1 unspecified atom stereocenters. The van der Waals surface area contributed by atoms with Crippen LogP contribution in [-0.2, 0) is 0 Å². The number of allylic oxidation sites excluding steroid dienone is 1. The van der Waals surface area contributed by atoms with E-state index in [1.807, 2.05) is 0 Å². The van der Waals surface area contributed by atoms with Gasteiger partial charge in [0, 0.05) is 0 Å². The molecule has 1 atom stereocenters. The monoisotopic (exact) mass is 208 g/mol. The summed E-state index contributed by atoms with van der Waals surface area (Å²) in [5, 5.41) is 8.54. The molecule has 0 saturated carbocycles. The summed E-state index contributed by atoms with van der Waals surface area (Å²) in [5.74, 6) is 1.51. The molecule has 0 bridgehead atoms. The van der Waals surface area contributed by atoms with Gasteiger partial charge in [0.2, 0.25) is 0 Å². The second-order valence-electron chi connectivity index (χ2n) is 5.36. The van der Waals surface area contributed by atoms with Gasteiger partial charge in [0.1, 0.15) is 0 Å². The summed E-state index contributed by atoms with van der Waals surface area (Å²) < 4.78 is 0. The SMILES string of the molecule is CC(C)CCCC1=CC(CC(C)C)N=N1. The van der Waals surface area contributed by atoms with E-state index in [0.29, 0.717) is 12.0 Å². The highest BCUT2D eigenvalue weighted by Crippen LogP contribution is 2.23. The molecule has 0 spiro atoms. The van der Waals surface area contributed by atoms with Crippen LogP contribution in [0.25, 0.3) is 0 Å². The lowest BCUT2D eigenvalue weighted by Crippen LogP contribution is -2.01. The van der Waals surface area contributed by atoms with Gasteiger partial charge in [-0.25, -0.2) is 0 Å². The van der Waals surface area contributed by atoms with Crippen LogP contribution in [0.2, 0.25) is 0 Å². The highest BCUT2D eigenvalue weighted by molar-refractivity contribution is 5.09. The van der Waals surface area contributed by atoms with Gasteiger partial charge in [-0.3, -0.25) is 0 Å². The molecule has 86 valence electrons. The topological polar surface area (TPSA) is 24.7 Å². The zero-order valence-corrected chi connectivity index (χ0v) is 10.5. The molecule has 0 aromatic carbocycles. The standard InChI is InChI=1S/C13H24N2/c1-10(2)6-5-7-12-9-13(15-14-12)8-11(3)4/h9-11,13H,5-8H2,1-4H3. The van der Waals surface area contributed by atoms with E-state index in [9.17, 15) is 0 Å². The van der Waals surface area contributed by atoms with Crippen molar-refractivity contribution in [3.05, 3.63) is 11.8 Å². The lowest BCUT2D eigenvalue weighted by atomic mass is 10.0. The van der Waals surface area contributed by atoms with E-state index in [1.54, 1.807) is 0 Å². The lowest BCUT2D eigenvalue weighted by molar-refractivity contribution is 0.544. The maximum absolute atomic E-state index is 4.29. The van der Waals surface area contributed by atoms with Crippen LogP contribution in [0.4, 0.5) is 0 Å².